The van der Waals surface area contributed by atoms with Crippen LogP contribution in [0, 0.1) is 0 Å². The highest BCUT2D eigenvalue weighted by atomic mass is 16.4. The highest BCUT2D eigenvalue weighted by Crippen LogP contribution is 2.00. The van der Waals surface area contributed by atoms with E-state index < -0.39 is 5.97 Å². The van der Waals surface area contributed by atoms with E-state index in [-0.39, 0.29) is 5.91 Å². The second kappa shape index (κ2) is 10.9. The first-order chi connectivity index (χ1) is 8.16. The second-order valence-electron chi connectivity index (χ2n) is 3.69. The van der Waals surface area contributed by atoms with Crippen LogP contribution in [0.1, 0.15) is 39.0 Å². The first-order valence-corrected chi connectivity index (χ1v) is 6.00. The number of carbonyl (C=O) groups is 2. The van der Waals surface area contributed by atoms with Gasteiger partial charge in [0, 0.05) is 18.7 Å². The highest BCUT2D eigenvalue weighted by Gasteiger charge is 1.95. The number of nitrogens with one attached hydrogen (secondary N) is 1. The van der Waals surface area contributed by atoms with Crippen LogP contribution in [-0.2, 0) is 9.59 Å². The van der Waals surface area contributed by atoms with Crippen molar-refractivity contribution in [1.29, 1.82) is 0 Å². The Labute approximate surface area is 102 Å². The number of unbranched alkanes of at least 4 members (excludes halogenated alkanes) is 3. The molecule has 0 fully saturated rings. The van der Waals surface area contributed by atoms with Crippen LogP contribution in [0.2, 0.25) is 0 Å². The summed E-state index contributed by atoms with van der Waals surface area (Å²) in [6, 6.07) is 0. The van der Waals surface area contributed by atoms with Gasteiger partial charge in [0.2, 0.25) is 5.91 Å². The number of aliphatic carboxylic acids is 1. The number of carbonyl (C=O) groups excluding carboxylic acids is 1. The fraction of sp³-hybridized carbons (Fsp3) is 0.538. The number of amides is 1. The summed E-state index contributed by atoms with van der Waals surface area (Å²) < 4.78 is 0. The van der Waals surface area contributed by atoms with Gasteiger partial charge in [-0.2, -0.15) is 0 Å². The molecule has 0 spiro atoms. The van der Waals surface area contributed by atoms with E-state index in [1.807, 2.05) is 0 Å². The van der Waals surface area contributed by atoms with Crippen LogP contribution in [0.25, 0.3) is 0 Å². The van der Waals surface area contributed by atoms with Crippen LogP contribution >= 0.6 is 0 Å². The van der Waals surface area contributed by atoms with E-state index >= 15 is 0 Å². The van der Waals surface area contributed by atoms with E-state index in [2.05, 4.69) is 24.4 Å². The lowest BCUT2D eigenvalue weighted by molar-refractivity contribution is -0.131. The highest BCUT2D eigenvalue weighted by molar-refractivity contribution is 5.93. The molecule has 4 nitrogen and oxygen atoms in total. The topological polar surface area (TPSA) is 66.4 Å². The van der Waals surface area contributed by atoms with Crippen molar-refractivity contribution < 1.29 is 14.7 Å². The fourth-order valence-electron chi connectivity index (χ4n) is 1.27. The Kier molecular flexibility index (Phi) is 9.91. The third kappa shape index (κ3) is 12.4. The first kappa shape index (κ1) is 15.4. The van der Waals surface area contributed by atoms with Crippen LogP contribution in [-0.4, -0.2) is 23.5 Å². The summed E-state index contributed by atoms with van der Waals surface area (Å²) >= 11 is 0. The molecule has 0 saturated carbocycles. The van der Waals surface area contributed by atoms with Gasteiger partial charge in [-0.1, -0.05) is 25.5 Å². The maximum Gasteiger partial charge on any atom is 0.328 e. The van der Waals surface area contributed by atoms with Crippen molar-refractivity contribution in [3.8, 4) is 0 Å². The fourth-order valence-corrected chi connectivity index (χ4v) is 1.27. The van der Waals surface area contributed by atoms with Gasteiger partial charge in [0.1, 0.15) is 0 Å². The molecule has 0 aliphatic carbocycles. The molecule has 1 amide bonds. The minimum Gasteiger partial charge on any atom is -0.478 e. The number of carboxylic acid groups (broad SMARTS) is 1. The molecule has 0 aromatic carbocycles. The number of hydrogen-bond acceptors (Lipinski definition) is 2. The summed E-state index contributed by atoms with van der Waals surface area (Å²) in [7, 11) is 0. The summed E-state index contributed by atoms with van der Waals surface area (Å²) in [5, 5.41) is 10.9. The zero-order valence-electron chi connectivity index (χ0n) is 10.3. The molecule has 0 aliphatic heterocycles. The van der Waals surface area contributed by atoms with E-state index in [0.29, 0.717) is 6.54 Å². The average Bonchev–Trinajstić information content (AvgIpc) is 2.30. The number of allylic oxidation sites excluding steroid dienone is 2. The molecule has 96 valence electrons. The van der Waals surface area contributed by atoms with Crippen LogP contribution in [0.3, 0.4) is 0 Å². The van der Waals surface area contributed by atoms with Crippen LogP contribution < -0.4 is 5.32 Å². The largest absolute Gasteiger partial charge is 0.478 e. The molecule has 0 aromatic rings. The SMILES string of the molecule is CC/C=C/CCCCCNC(=O)/C=C/C(=O)O. The third-order valence-corrected chi connectivity index (χ3v) is 2.13. The van der Waals surface area contributed by atoms with E-state index in [1.54, 1.807) is 0 Å². The van der Waals surface area contributed by atoms with Gasteiger partial charge in [0.05, 0.1) is 0 Å². The summed E-state index contributed by atoms with van der Waals surface area (Å²) in [5.74, 6) is -1.46. The number of carboxylic acids is 1. The molecule has 0 unspecified atom stereocenters. The normalized spacial score (nSPS) is 11.1. The number of hydrogen-bond donors (Lipinski definition) is 2. The summed E-state index contributed by atoms with van der Waals surface area (Å²) in [6.07, 6.45) is 11.5. The average molecular weight is 239 g/mol. The lowest BCUT2D eigenvalue weighted by Crippen LogP contribution is -2.22. The molecule has 0 rings (SSSR count). The molecule has 4 heteroatoms. The smallest absolute Gasteiger partial charge is 0.328 e. The van der Waals surface area contributed by atoms with Crippen molar-refractivity contribution in [2.45, 2.75) is 39.0 Å². The molecule has 0 aromatic heterocycles. The van der Waals surface area contributed by atoms with E-state index in [4.69, 9.17) is 5.11 Å². The Morgan fingerprint density at radius 3 is 2.53 bits per heavy atom. The maximum absolute atomic E-state index is 11.0. The minimum absolute atomic E-state index is 0.349. The number of rotatable bonds is 9. The molecule has 0 aliphatic rings. The Bertz CT molecular complexity index is 282. The van der Waals surface area contributed by atoms with Gasteiger partial charge >= 0.3 is 5.97 Å². The summed E-state index contributed by atoms with van der Waals surface area (Å²) in [6.45, 7) is 2.71. The second-order valence-corrected chi connectivity index (χ2v) is 3.69. The Morgan fingerprint density at radius 1 is 1.12 bits per heavy atom. The molecule has 0 bridgehead atoms. The van der Waals surface area contributed by atoms with Crippen LogP contribution in [0.15, 0.2) is 24.3 Å². The predicted octanol–water partition coefficient (Wildman–Crippen LogP) is 2.27. The zero-order chi connectivity index (χ0) is 12.9. The molecule has 2 N–H and O–H groups in total. The van der Waals surface area contributed by atoms with Gasteiger partial charge in [-0.05, 0) is 25.7 Å². The van der Waals surface area contributed by atoms with E-state index in [1.165, 1.54) is 0 Å². The quantitative estimate of drug-likeness (QED) is 0.368. The van der Waals surface area contributed by atoms with Gasteiger partial charge in [-0.3, -0.25) is 4.79 Å². The Balaban J connectivity index is 3.36. The lowest BCUT2D eigenvalue weighted by atomic mass is 10.2. The van der Waals surface area contributed by atoms with E-state index in [9.17, 15) is 9.59 Å². The first-order valence-electron chi connectivity index (χ1n) is 6.00. The Morgan fingerprint density at radius 2 is 1.88 bits per heavy atom. The minimum atomic E-state index is -1.11. The molecular formula is C13H21NO3. The van der Waals surface area contributed by atoms with Gasteiger partial charge < -0.3 is 10.4 Å². The van der Waals surface area contributed by atoms with Crippen molar-refractivity contribution in [2.75, 3.05) is 6.54 Å². The molecular weight excluding hydrogens is 218 g/mol. The summed E-state index contributed by atoms with van der Waals surface area (Å²) in [5.41, 5.74) is 0. The van der Waals surface area contributed by atoms with Crippen LogP contribution in [0.5, 0.6) is 0 Å². The zero-order valence-corrected chi connectivity index (χ0v) is 10.3. The molecule has 0 saturated heterocycles. The van der Waals surface area contributed by atoms with Gasteiger partial charge in [0.25, 0.3) is 0 Å². The van der Waals surface area contributed by atoms with Gasteiger partial charge in [0.15, 0.2) is 0 Å². The molecule has 0 heterocycles. The van der Waals surface area contributed by atoms with E-state index in [0.717, 1.165) is 44.3 Å². The molecule has 17 heavy (non-hydrogen) atoms. The molecule has 0 radical (unpaired) electrons. The monoisotopic (exact) mass is 239 g/mol. The summed E-state index contributed by atoms with van der Waals surface area (Å²) in [4.78, 5) is 21.2. The third-order valence-electron chi connectivity index (χ3n) is 2.13. The van der Waals surface area contributed by atoms with Crippen molar-refractivity contribution in [1.82, 2.24) is 5.32 Å². The van der Waals surface area contributed by atoms with Crippen molar-refractivity contribution in [3.63, 3.8) is 0 Å². The predicted molar refractivity (Wildman–Crippen MR) is 67.7 cm³/mol. The van der Waals surface area contributed by atoms with Crippen LogP contribution in [0.4, 0.5) is 0 Å². The van der Waals surface area contributed by atoms with Crippen molar-refractivity contribution >= 4 is 11.9 Å². The van der Waals surface area contributed by atoms with Crippen molar-refractivity contribution in [2.24, 2.45) is 0 Å². The van der Waals surface area contributed by atoms with Gasteiger partial charge in [-0.15, -0.1) is 0 Å². The maximum atomic E-state index is 11.0. The van der Waals surface area contributed by atoms with Crippen molar-refractivity contribution in [3.05, 3.63) is 24.3 Å². The lowest BCUT2D eigenvalue weighted by Gasteiger charge is -2.01. The Hall–Kier alpha value is -1.58. The van der Waals surface area contributed by atoms with Gasteiger partial charge in [-0.25, -0.2) is 4.79 Å². The molecule has 0 atom stereocenters. The standard InChI is InChI=1S/C13H21NO3/c1-2-3-4-5-6-7-8-11-14-12(15)9-10-13(16)17/h3-4,9-10H,2,5-8,11H2,1H3,(H,14,15)(H,16,17)/b4-3+,10-9+.